The maximum atomic E-state index is 13.2. The van der Waals surface area contributed by atoms with Crippen molar-refractivity contribution in [1.29, 1.82) is 0 Å². The number of aryl methyl sites for hydroxylation is 1. The van der Waals surface area contributed by atoms with Crippen LogP contribution >= 0.6 is 0 Å². The molecular formula is C19H17N3O3. The van der Waals surface area contributed by atoms with Gasteiger partial charge in [0.05, 0.1) is 12.7 Å². The summed E-state index contributed by atoms with van der Waals surface area (Å²) >= 11 is 0. The monoisotopic (exact) mass is 335 g/mol. The van der Waals surface area contributed by atoms with Gasteiger partial charge in [-0.2, -0.15) is 5.10 Å². The van der Waals surface area contributed by atoms with Crippen LogP contribution in [-0.4, -0.2) is 26.8 Å². The summed E-state index contributed by atoms with van der Waals surface area (Å²) in [5.41, 5.74) is 1.57. The van der Waals surface area contributed by atoms with E-state index in [0.717, 1.165) is 5.56 Å². The average Bonchev–Trinajstić information content (AvgIpc) is 3.02. The summed E-state index contributed by atoms with van der Waals surface area (Å²) in [6.45, 7) is 0.327. The Bertz CT molecular complexity index is 889. The van der Waals surface area contributed by atoms with E-state index in [1.807, 2.05) is 60.7 Å². The van der Waals surface area contributed by atoms with Crippen LogP contribution in [0.1, 0.15) is 26.4 Å². The van der Waals surface area contributed by atoms with E-state index in [1.54, 1.807) is 11.9 Å². The summed E-state index contributed by atoms with van der Waals surface area (Å²) in [7, 11) is 1.56. The summed E-state index contributed by atoms with van der Waals surface area (Å²) in [6.07, 6.45) is 1.20. The zero-order valence-electron chi connectivity index (χ0n) is 13.7. The summed E-state index contributed by atoms with van der Waals surface area (Å²) < 4.78 is 1.30. The lowest BCUT2D eigenvalue weighted by Crippen LogP contribution is -2.33. The Morgan fingerprint density at radius 1 is 1.04 bits per heavy atom. The van der Waals surface area contributed by atoms with Crippen LogP contribution in [0.5, 0.6) is 0 Å². The first kappa shape index (κ1) is 16.4. The standard InChI is InChI=1S/C19H17N3O3/c1-21-17(16(12-20-21)19(24)25)18(23)22(15-10-6-3-7-11-15)13-14-8-4-2-5-9-14/h2-12H,13H2,1H3,(H,24,25). The minimum absolute atomic E-state index is 0.0484. The first-order valence-electron chi connectivity index (χ1n) is 7.74. The molecule has 0 spiro atoms. The van der Waals surface area contributed by atoms with Gasteiger partial charge in [0, 0.05) is 12.7 Å². The van der Waals surface area contributed by atoms with Crippen molar-refractivity contribution in [2.24, 2.45) is 7.05 Å². The van der Waals surface area contributed by atoms with E-state index in [9.17, 15) is 14.7 Å². The van der Waals surface area contributed by atoms with Crippen molar-refractivity contribution in [3.8, 4) is 0 Å². The van der Waals surface area contributed by atoms with Crippen molar-refractivity contribution >= 4 is 17.6 Å². The van der Waals surface area contributed by atoms with Gasteiger partial charge in [0.2, 0.25) is 0 Å². The molecule has 0 unspecified atom stereocenters. The predicted octanol–water partition coefficient (Wildman–Crippen LogP) is 2.97. The molecule has 0 aliphatic carbocycles. The maximum Gasteiger partial charge on any atom is 0.339 e. The quantitative estimate of drug-likeness (QED) is 0.778. The number of hydrogen-bond donors (Lipinski definition) is 1. The lowest BCUT2D eigenvalue weighted by Gasteiger charge is -2.23. The van der Waals surface area contributed by atoms with Gasteiger partial charge in [0.25, 0.3) is 5.91 Å². The SMILES string of the molecule is Cn1ncc(C(=O)O)c1C(=O)N(Cc1ccccc1)c1ccccc1. The van der Waals surface area contributed by atoms with E-state index >= 15 is 0 Å². The number of carbonyl (C=O) groups excluding carboxylic acids is 1. The first-order valence-corrected chi connectivity index (χ1v) is 7.74. The Balaban J connectivity index is 2.04. The molecule has 126 valence electrons. The second kappa shape index (κ2) is 7.00. The van der Waals surface area contributed by atoms with Crippen molar-refractivity contribution in [1.82, 2.24) is 9.78 Å². The number of anilines is 1. The molecule has 0 radical (unpaired) electrons. The molecular weight excluding hydrogens is 318 g/mol. The second-order valence-corrected chi connectivity index (χ2v) is 5.55. The molecule has 3 rings (SSSR count). The Labute approximate surface area is 144 Å². The normalized spacial score (nSPS) is 10.4. The smallest absolute Gasteiger partial charge is 0.339 e. The number of carbonyl (C=O) groups is 2. The third-order valence-corrected chi connectivity index (χ3v) is 3.87. The number of amides is 1. The fraction of sp³-hybridized carbons (Fsp3) is 0.105. The molecule has 0 saturated carbocycles. The molecule has 2 aromatic carbocycles. The van der Waals surface area contributed by atoms with Gasteiger partial charge in [-0.15, -0.1) is 0 Å². The molecule has 3 aromatic rings. The second-order valence-electron chi connectivity index (χ2n) is 5.55. The number of benzene rings is 2. The van der Waals surface area contributed by atoms with E-state index in [0.29, 0.717) is 12.2 Å². The van der Waals surface area contributed by atoms with Crippen LogP contribution in [0.4, 0.5) is 5.69 Å². The lowest BCUT2D eigenvalue weighted by molar-refractivity contribution is 0.0691. The van der Waals surface area contributed by atoms with Gasteiger partial charge < -0.3 is 10.0 Å². The fourth-order valence-electron chi connectivity index (χ4n) is 2.63. The minimum atomic E-state index is -1.18. The first-order chi connectivity index (χ1) is 12.1. The molecule has 6 heteroatoms. The predicted molar refractivity (Wildman–Crippen MR) is 93.6 cm³/mol. The number of rotatable bonds is 5. The highest BCUT2D eigenvalue weighted by molar-refractivity contribution is 6.10. The van der Waals surface area contributed by atoms with Crippen LogP contribution in [0.25, 0.3) is 0 Å². The Kier molecular flexibility index (Phi) is 4.61. The third-order valence-electron chi connectivity index (χ3n) is 3.87. The van der Waals surface area contributed by atoms with Gasteiger partial charge in [0.1, 0.15) is 11.3 Å². The highest BCUT2D eigenvalue weighted by atomic mass is 16.4. The molecule has 6 nitrogen and oxygen atoms in total. The van der Waals surface area contributed by atoms with Crippen molar-refractivity contribution in [3.05, 3.63) is 83.7 Å². The number of carboxylic acids is 1. The van der Waals surface area contributed by atoms with E-state index in [-0.39, 0.29) is 11.3 Å². The van der Waals surface area contributed by atoms with Crippen LogP contribution in [0.3, 0.4) is 0 Å². The Hall–Kier alpha value is -3.41. The van der Waals surface area contributed by atoms with Gasteiger partial charge in [-0.3, -0.25) is 9.48 Å². The molecule has 0 bridgehead atoms. The number of aromatic carboxylic acids is 1. The highest BCUT2D eigenvalue weighted by Gasteiger charge is 2.27. The van der Waals surface area contributed by atoms with Crippen molar-refractivity contribution in [2.45, 2.75) is 6.54 Å². The summed E-state index contributed by atoms with van der Waals surface area (Å²) in [5.74, 6) is -1.59. The summed E-state index contributed by atoms with van der Waals surface area (Å²) in [6, 6.07) is 18.7. The van der Waals surface area contributed by atoms with Crippen molar-refractivity contribution in [3.63, 3.8) is 0 Å². The minimum Gasteiger partial charge on any atom is -0.478 e. The lowest BCUT2D eigenvalue weighted by atomic mass is 10.1. The van der Waals surface area contributed by atoms with Gasteiger partial charge >= 0.3 is 5.97 Å². The molecule has 0 aliphatic rings. The van der Waals surface area contributed by atoms with Gasteiger partial charge in [-0.1, -0.05) is 48.5 Å². The largest absolute Gasteiger partial charge is 0.478 e. The molecule has 1 aromatic heterocycles. The number of aromatic nitrogens is 2. The van der Waals surface area contributed by atoms with Crippen LogP contribution in [-0.2, 0) is 13.6 Å². The van der Waals surface area contributed by atoms with E-state index < -0.39 is 11.9 Å². The van der Waals surface area contributed by atoms with Crippen LogP contribution in [0.2, 0.25) is 0 Å². The molecule has 0 saturated heterocycles. The Morgan fingerprint density at radius 3 is 2.24 bits per heavy atom. The number of carboxylic acid groups (broad SMARTS) is 1. The van der Waals surface area contributed by atoms with Crippen molar-refractivity contribution < 1.29 is 14.7 Å². The maximum absolute atomic E-state index is 13.2. The zero-order chi connectivity index (χ0) is 17.8. The number of nitrogens with zero attached hydrogens (tertiary/aromatic N) is 3. The van der Waals surface area contributed by atoms with Crippen LogP contribution in [0, 0.1) is 0 Å². The molecule has 1 heterocycles. The van der Waals surface area contributed by atoms with Crippen LogP contribution in [0.15, 0.2) is 66.9 Å². The van der Waals surface area contributed by atoms with E-state index in [2.05, 4.69) is 5.10 Å². The molecule has 1 amide bonds. The third kappa shape index (κ3) is 3.42. The Morgan fingerprint density at radius 2 is 1.64 bits per heavy atom. The zero-order valence-corrected chi connectivity index (χ0v) is 13.7. The average molecular weight is 335 g/mol. The van der Waals surface area contributed by atoms with Crippen molar-refractivity contribution in [2.75, 3.05) is 4.90 Å². The molecule has 25 heavy (non-hydrogen) atoms. The summed E-state index contributed by atoms with van der Waals surface area (Å²) in [4.78, 5) is 26.1. The summed E-state index contributed by atoms with van der Waals surface area (Å²) in [5, 5.41) is 13.3. The van der Waals surface area contributed by atoms with Gasteiger partial charge in [-0.05, 0) is 17.7 Å². The van der Waals surface area contributed by atoms with E-state index in [4.69, 9.17) is 0 Å². The number of para-hydroxylation sites is 1. The fourth-order valence-corrected chi connectivity index (χ4v) is 2.63. The molecule has 0 fully saturated rings. The van der Waals surface area contributed by atoms with Crippen LogP contribution < -0.4 is 4.90 Å². The van der Waals surface area contributed by atoms with Gasteiger partial charge in [0.15, 0.2) is 0 Å². The molecule has 0 aliphatic heterocycles. The van der Waals surface area contributed by atoms with Gasteiger partial charge in [-0.25, -0.2) is 4.79 Å². The topological polar surface area (TPSA) is 75.4 Å². The molecule has 1 N–H and O–H groups in total. The highest BCUT2D eigenvalue weighted by Crippen LogP contribution is 2.21. The number of hydrogen-bond acceptors (Lipinski definition) is 3. The van der Waals surface area contributed by atoms with E-state index in [1.165, 1.54) is 10.9 Å². The molecule has 0 atom stereocenters.